The van der Waals surface area contributed by atoms with E-state index in [9.17, 15) is 0 Å². The predicted octanol–water partition coefficient (Wildman–Crippen LogP) is 2.27. The van der Waals surface area contributed by atoms with Crippen molar-refractivity contribution in [1.82, 2.24) is 9.97 Å². The van der Waals surface area contributed by atoms with Crippen LogP contribution in [0.5, 0.6) is 5.88 Å². The van der Waals surface area contributed by atoms with Gasteiger partial charge in [-0.3, -0.25) is 0 Å². The van der Waals surface area contributed by atoms with Gasteiger partial charge in [0.15, 0.2) is 0 Å². The molecule has 1 atom stereocenters. The van der Waals surface area contributed by atoms with Crippen LogP contribution >= 0.6 is 0 Å². The summed E-state index contributed by atoms with van der Waals surface area (Å²) < 4.78 is 10.6. The number of hydrogen-bond acceptors (Lipinski definition) is 5. The summed E-state index contributed by atoms with van der Waals surface area (Å²) in [5.74, 6) is 1.66. The number of anilines is 1. The smallest absolute Gasteiger partial charge is 0.226 e. The first-order valence-corrected chi connectivity index (χ1v) is 6.37. The Hall–Kier alpha value is -1.36. The Morgan fingerprint density at radius 1 is 1.39 bits per heavy atom. The summed E-state index contributed by atoms with van der Waals surface area (Å²) in [5.41, 5.74) is 0.901. The Morgan fingerprint density at radius 3 is 2.83 bits per heavy atom. The molecule has 0 radical (unpaired) electrons. The average molecular weight is 253 g/mol. The third-order valence-corrected chi connectivity index (χ3v) is 2.34. The summed E-state index contributed by atoms with van der Waals surface area (Å²) >= 11 is 0. The van der Waals surface area contributed by atoms with Gasteiger partial charge in [-0.1, -0.05) is 13.8 Å². The van der Waals surface area contributed by atoms with Gasteiger partial charge in [0.05, 0.1) is 13.2 Å². The van der Waals surface area contributed by atoms with Crippen LogP contribution in [0.1, 0.15) is 26.0 Å². The topological polar surface area (TPSA) is 56.3 Å². The highest BCUT2D eigenvalue weighted by Gasteiger charge is 2.05. The molecule has 102 valence electrons. The molecule has 1 unspecified atom stereocenters. The summed E-state index contributed by atoms with van der Waals surface area (Å²) in [5, 5.41) is 3.20. The van der Waals surface area contributed by atoms with Crippen LogP contribution in [0.2, 0.25) is 0 Å². The van der Waals surface area contributed by atoms with Crippen LogP contribution in [0, 0.1) is 12.8 Å². The molecule has 0 spiro atoms. The second-order valence-corrected chi connectivity index (χ2v) is 4.46. The van der Waals surface area contributed by atoms with Gasteiger partial charge >= 0.3 is 0 Å². The van der Waals surface area contributed by atoms with Crippen LogP contribution in [0.25, 0.3) is 0 Å². The number of hydrogen-bond donors (Lipinski definition) is 1. The number of aromatic nitrogens is 2. The Bertz CT molecular complexity index is 358. The van der Waals surface area contributed by atoms with E-state index in [4.69, 9.17) is 9.47 Å². The van der Waals surface area contributed by atoms with E-state index in [0.717, 1.165) is 25.3 Å². The Morgan fingerprint density at radius 2 is 2.17 bits per heavy atom. The molecule has 5 nitrogen and oxygen atoms in total. The first kappa shape index (κ1) is 14.7. The number of nitrogens with zero attached hydrogens (tertiary/aromatic N) is 2. The van der Waals surface area contributed by atoms with Gasteiger partial charge in [0.2, 0.25) is 11.8 Å². The summed E-state index contributed by atoms with van der Waals surface area (Å²) in [6.45, 7) is 8.29. The molecule has 1 aromatic heterocycles. The minimum absolute atomic E-state index is 0.416. The fourth-order valence-corrected chi connectivity index (χ4v) is 1.51. The standard InChI is InChI=1S/C13H23N3O2/c1-5-6-18-12-7-11(3)15-13(16-12)14-8-10(2)9-17-4/h7,10H,5-6,8-9H2,1-4H3,(H,14,15,16). The lowest BCUT2D eigenvalue weighted by molar-refractivity contribution is 0.164. The van der Waals surface area contributed by atoms with Crippen LogP contribution in [0.15, 0.2) is 6.07 Å². The highest BCUT2D eigenvalue weighted by atomic mass is 16.5. The van der Waals surface area contributed by atoms with Crippen molar-refractivity contribution in [1.29, 1.82) is 0 Å². The van der Waals surface area contributed by atoms with E-state index >= 15 is 0 Å². The van der Waals surface area contributed by atoms with Gasteiger partial charge in [-0.15, -0.1) is 0 Å². The zero-order valence-corrected chi connectivity index (χ0v) is 11.7. The summed E-state index contributed by atoms with van der Waals surface area (Å²) in [4.78, 5) is 8.65. The molecule has 18 heavy (non-hydrogen) atoms. The number of rotatable bonds is 8. The lowest BCUT2D eigenvalue weighted by atomic mass is 10.2. The van der Waals surface area contributed by atoms with Crippen molar-refractivity contribution in [3.8, 4) is 5.88 Å². The highest BCUT2D eigenvalue weighted by Crippen LogP contribution is 2.12. The Kier molecular flexibility index (Phi) is 6.43. The van der Waals surface area contributed by atoms with Crippen LogP contribution in [0.4, 0.5) is 5.95 Å². The molecule has 1 aromatic rings. The molecular formula is C13H23N3O2. The SMILES string of the molecule is CCCOc1cc(C)nc(NCC(C)COC)n1. The molecule has 0 fully saturated rings. The van der Waals surface area contributed by atoms with Gasteiger partial charge in [0.1, 0.15) is 0 Å². The summed E-state index contributed by atoms with van der Waals surface area (Å²) in [6, 6.07) is 1.85. The normalized spacial score (nSPS) is 12.2. The van der Waals surface area contributed by atoms with Gasteiger partial charge in [-0.25, -0.2) is 4.98 Å². The summed E-state index contributed by atoms with van der Waals surface area (Å²) in [7, 11) is 1.70. The van der Waals surface area contributed by atoms with Crippen LogP contribution < -0.4 is 10.1 Å². The molecule has 0 saturated heterocycles. The maximum atomic E-state index is 5.52. The zero-order chi connectivity index (χ0) is 13.4. The lowest BCUT2D eigenvalue weighted by Gasteiger charge is -2.12. The molecule has 0 aromatic carbocycles. The Balaban J connectivity index is 2.56. The van der Waals surface area contributed by atoms with E-state index in [2.05, 4.69) is 29.1 Å². The second-order valence-electron chi connectivity index (χ2n) is 4.46. The number of nitrogens with one attached hydrogen (secondary N) is 1. The second kappa shape index (κ2) is 7.87. The molecule has 0 aliphatic heterocycles. The first-order valence-electron chi connectivity index (χ1n) is 6.37. The van der Waals surface area contributed by atoms with Crippen molar-refractivity contribution in [3.05, 3.63) is 11.8 Å². The van der Waals surface area contributed by atoms with Crippen molar-refractivity contribution >= 4 is 5.95 Å². The zero-order valence-electron chi connectivity index (χ0n) is 11.7. The van der Waals surface area contributed by atoms with E-state index in [0.29, 0.717) is 24.4 Å². The lowest BCUT2D eigenvalue weighted by Crippen LogP contribution is -2.17. The molecule has 0 aliphatic rings. The predicted molar refractivity (Wildman–Crippen MR) is 72.1 cm³/mol. The quantitative estimate of drug-likeness (QED) is 0.770. The van der Waals surface area contributed by atoms with Crippen LogP contribution in [-0.2, 0) is 4.74 Å². The third kappa shape index (κ3) is 5.31. The molecule has 1 N–H and O–H groups in total. The molecule has 1 rings (SSSR count). The van der Waals surface area contributed by atoms with Gasteiger partial charge in [0, 0.05) is 25.4 Å². The van der Waals surface area contributed by atoms with Crippen molar-refractivity contribution in [2.75, 3.05) is 32.2 Å². The van der Waals surface area contributed by atoms with Gasteiger partial charge in [0.25, 0.3) is 0 Å². The van der Waals surface area contributed by atoms with Gasteiger partial charge in [-0.2, -0.15) is 4.98 Å². The van der Waals surface area contributed by atoms with Crippen molar-refractivity contribution < 1.29 is 9.47 Å². The third-order valence-electron chi connectivity index (χ3n) is 2.34. The van der Waals surface area contributed by atoms with Crippen LogP contribution in [0.3, 0.4) is 0 Å². The van der Waals surface area contributed by atoms with E-state index in [1.54, 1.807) is 7.11 Å². The molecule has 0 amide bonds. The molecule has 0 saturated carbocycles. The number of ether oxygens (including phenoxy) is 2. The molecule has 1 heterocycles. The fourth-order valence-electron chi connectivity index (χ4n) is 1.51. The highest BCUT2D eigenvalue weighted by molar-refractivity contribution is 5.30. The van der Waals surface area contributed by atoms with E-state index in [1.807, 2.05) is 13.0 Å². The molecule has 5 heteroatoms. The van der Waals surface area contributed by atoms with E-state index in [1.165, 1.54) is 0 Å². The van der Waals surface area contributed by atoms with Crippen molar-refractivity contribution in [2.24, 2.45) is 5.92 Å². The van der Waals surface area contributed by atoms with Crippen molar-refractivity contribution in [3.63, 3.8) is 0 Å². The minimum Gasteiger partial charge on any atom is -0.478 e. The maximum absolute atomic E-state index is 5.52. The fraction of sp³-hybridized carbons (Fsp3) is 0.692. The summed E-state index contributed by atoms with van der Waals surface area (Å²) in [6.07, 6.45) is 0.969. The largest absolute Gasteiger partial charge is 0.478 e. The average Bonchev–Trinajstić information content (AvgIpc) is 2.34. The first-order chi connectivity index (χ1) is 8.65. The van der Waals surface area contributed by atoms with Crippen molar-refractivity contribution in [2.45, 2.75) is 27.2 Å². The Labute approximate surface area is 109 Å². The number of aryl methyl sites for hydroxylation is 1. The monoisotopic (exact) mass is 253 g/mol. The molecule has 0 aliphatic carbocycles. The maximum Gasteiger partial charge on any atom is 0.226 e. The van der Waals surface area contributed by atoms with Crippen LogP contribution in [-0.4, -0.2) is 36.8 Å². The minimum atomic E-state index is 0.416. The van der Waals surface area contributed by atoms with Gasteiger partial charge in [-0.05, 0) is 19.3 Å². The van der Waals surface area contributed by atoms with E-state index in [-0.39, 0.29) is 0 Å². The van der Waals surface area contributed by atoms with Gasteiger partial charge < -0.3 is 14.8 Å². The molecule has 0 bridgehead atoms. The molecular weight excluding hydrogens is 230 g/mol. The number of methoxy groups -OCH3 is 1. The van der Waals surface area contributed by atoms with E-state index < -0.39 is 0 Å².